The van der Waals surface area contributed by atoms with Crippen LogP contribution in [-0.4, -0.2) is 0 Å². The van der Waals surface area contributed by atoms with Crippen molar-refractivity contribution in [2.45, 2.75) is 31.0 Å². The zero-order valence-corrected chi connectivity index (χ0v) is 47.5. The van der Waals surface area contributed by atoms with Gasteiger partial charge in [0, 0.05) is 32.2 Å². The van der Waals surface area contributed by atoms with Crippen LogP contribution in [0.2, 0.25) is 0 Å². The number of benzene rings is 15. The van der Waals surface area contributed by atoms with E-state index in [1.165, 1.54) is 60.7 Å². The molecule has 92 heavy (non-hydrogen) atoms. The summed E-state index contributed by atoms with van der Waals surface area (Å²) in [7, 11) is 0. The van der Waals surface area contributed by atoms with Crippen LogP contribution in [0, 0.1) is 11.6 Å². The average Bonchev–Trinajstić information content (AvgIpc) is 0.708. The maximum atomic E-state index is 19.9. The van der Waals surface area contributed by atoms with Gasteiger partial charge in [0.25, 0.3) is 0 Å². The SMILES string of the molecule is [2H]C1=C([2H])C([2H])C(c2cc(-c3c([2H])c([2H])c([2H])c([2H])c3[2H])cc(F)c2C(c2cc(-c3c([2H])c([2H])c([2H])c([2H])c3[2H])cc(-c3c([2H])c([2H])c([2H])c([2H])c3[2H])c2)c2ccc3ccc4c(N(c5cc(-c6c([2H])c([2H])c([2H])c([2H])c6[2H])cc(-c6c([2H])c([2H])c([2H])c([2H])c6[2H])c5)c5c(F)cc(-c6c([2H])c([2H])c([2H])c([2H])c6[2H])cc5-c5c([2H])c([2H])c([2H])c([2H])c5[2H])ccc5ccc2c3c54)C([2H])C1[2H]. The molecule has 1 aliphatic rings. The van der Waals surface area contributed by atoms with Crippen LogP contribution in [0.4, 0.5) is 25.8 Å². The lowest BCUT2D eigenvalue weighted by Gasteiger charge is -2.32. The zero-order chi connectivity index (χ0) is 96.3. The highest BCUT2D eigenvalue weighted by Gasteiger charge is 2.32. The maximum absolute atomic E-state index is 19.9. The molecule has 438 valence electrons. The van der Waals surface area contributed by atoms with Crippen LogP contribution in [0.1, 0.15) is 108 Å². The van der Waals surface area contributed by atoms with E-state index >= 15 is 8.78 Å². The summed E-state index contributed by atoms with van der Waals surface area (Å²) in [6.07, 6.45) is -6.10. The Morgan fingerprint density at radius 2 is 0.793 bits per heavy atom. The molecule has 1 aliphatic carbocycles. The summed E-state index contributed by atoms with van der Waals surface area (Å²) in [5, 5.41) is 0.702. The van der Waals surface area contributed by atoms with Gasteiger partial charge in [0.05, 0.1) is 62.1 Å². The van der Waals surface area contributed by atoms with Crippen molar-refractivity contribution in [1.29, 1.82) is 0 Å². The lowest BCUT2D eigenvalue weighted by atomic mass is 9.74. The molecule has 0 aliphatic heterocycles. The van der Waals surface area contributed by atoms with Crippen molar-refractivity contribution in [2.75, 3.05) is 4.90 Å². The van der Waals surface area contributed by atoms with Crippen LogP contribution in [0.15, 0.2) is 333 Å². The van der Waals surface area contributed by atoms with Crippen molar-refractivity contribution in [1.82, 2.24) is 0 Å². The smallest absolute Gasteiger partial charge is 0.148 e. The minimum Gasteiger partial charge on any atom is -0.306 e. The molecule has 16 rings (SSSR count). The molecule has 0 fully saturated rings. The van der Waals surface area contributed by atoms with E-state index in [2.05, 4.69) is 0 Å². The fraction of sp³-hybridized carbons (Fsp3) is 0.0562. The maximum Gasteiger partial charge on any atom is 0.148 e. The van der Waals surface area contributed by atoms with Crippen LogP contribution < -0.4 is 4.90 Å². The minimum absolute atomic E-state index is 0.0268. The molecule has 0 bridgehead atoms. The van der Waals surface area contributed by atoms with Crippen LogP contribution in [0.5, 0.6) is 0 Å². The Morgan fingerprint density at radius 3 is 1.30 bits per heavy atom. The average molecular weight is 1220 g/mol. The predicted molar refractivity (Wildman–Crippen MR) is 382 cm³/mol. The molecule has 5 atom stereocenters. The van der Waals surface area contributed by atoms with E-state index in [1.807, 2.05) is 0 Å². The van der Waals surface area contributed by atoms with E-state index in [0.717, 1.165) is 47.4 Å². The first-order valence-corrected chi connectivity index (χ1v) is 28.4. The van der Waals surface area contributed by atoms with E-state index in [1.54, 1.807) is 0 Å². The molecule has 0 radical (unpaired) electrons. The molecule has 5 unspecified atom stereocenters. The van der Waals surface area contributed by atoms with Gasteiger partial charge in [-0.25, -0.2) is 8.78 Å². The quantitative estimate of drug-likeness (QED) is 0.0596. The Kier molecular flexibility index (Phi) is 7.35. The molecule has 0 N–H and O–H groups in total. The van der Waals surface area contributed by atoms with Crippen molar-refractivity contribution in [3.05, 3.63) is 367 Å². The number of nitrogens with zero attached hydrogens (tertiary/aromatic N) is 1. The van der Waals surface area contributed by atoms with E-state index in [0.29, 0.717) is 6.07 Å². The van der Waals surface area contributed by atoms with Crippen molar-refractivity contribution < 1.29 is 63.6 Å². The molecular formula is C89H63F2N. The van der Waals surface area contributed by atoms with Crippen LogP contribution >= 0.6 is 0 Å². The molecule has 0 spiro atoms. The molecule has 1 nitrogen and oxygen atoms in total. The Bertz CT molecular complexity index is 7300. The first-order valence-electron chi connectivity index (χ1n) is 48.7. The number of rotatable bonds is 14. The third-order valence-corrected chi connectivity index (χ3v) is 16.0. The Hall–Kier alpha value is -11.3. The largest absolute Gasteiger partial charge is 0.306 e. The zero-order valence-electron chi connectivity index (χ0n) is 87.5. The van der Waals surface area contributed by atoms with Gasteiger partial charge in [-0.2, -0.15) is 0 Å². The predicted octanol–water partition coefficient (Wildman–Crippen LogP) is 25.0. The minimum atomic E-state index is -2.08. The molecule has 3 heteroatoms. The number of hydrogen-bond acceptors (Lipinski definition) is 1. The highest BCUT2D eigenvalue weighted by Crippen LogP contribution is 2.53. The Balaban J connectivity index is 1.11. The first-order chi connectivity index (χ1) is 62.0. The normalized spacial score (nSPS) is 22.2. The van der Waals surface area contributed by atoms with Gasteiger partial charge in [0.15, 0.2) is 0 Å². The van der Waals surface area contributed by atoms with Gasteiger partial charge in [0.1, 0.15) is 11.6 Å². The molecule has 15 aromatic rings. The summed E-state index contributed by atoms with van der Waals surface area (Å²) < 4.78 is 404. The molecule has 0 aromatic heterocycles. The van der Waals surface area contributed by atoms with Gasteiger partial charge < -0.3 is 4.90 Å². The fourth-order valence-electron chi connectivity index (χ4n) is 12.1. The van der Waals surface area contributed by atoms with Crippen LogP contribution in [0.25, 0.3) is 110 Å². The van der Waals surface area contributed by atoms with Crippen molar-refractivity contribution in [3.63, 3.8) is 0 Å². The van der Waals surface area contributed by atoms with Gasteiger partial charge in [-0.1, -0.05) is 284 Å². The molecule has 0 amide bonds. The number of anilines is 3. The highest BCUT2D eigenvalue weighted by atomic mass is 19.1. The summed E-state index contributed by atoms with van der Waals surface area (Å²) in [6, 6.07) is -11.1. The standard InChI is InChI=1S/C89H63F2N/c90-82-57-73(63-33-17-5-18-34-63)55-80(65-37-21-7-22-38-65)88(82)87(75-51-69(59-25-9-1-10-26-59)49-70(52-75)60-27-11-2-12-28-60)78-46-41-67-43-47-79-84(48-44-68-42-45-77(78)85(67)86(68)79)92(76-53-71(61-29-13-3-14-30-61)50-72(54-76)62-31-15-4-16-32-62)89-81(66-39-23-8-24-40-66)56-74(58-83(89)91)64-35-19-6-20-36-64/h1-21,23-36,39-58,65,87H,22,37-38H2/i1D,2D,3D,4D,5D,6D,7D,8D,9D,10D,11D,12D,13D,14D,15D,16D,17D,18D,19D,20D,21D,22D,23D,24D,25D,26D,27D,28D,29D,30D,31D,32D,33D,34D,35D,36D,37D,38D,39D,40D. The van der Waals surface area contributed by atoms with Crippen LogP contribution in [0.3, 0.4) is 0 Å². The molecule has 15 aromatic carbocycles. The van der Waals surface area contributed by atoms with Gasteiger partial charge in [-0.05, 0) is 190 Å². The lowest BCUT2D eigenvalue weighted by molar-refractivity contribution is 0.574. The second-order valence-electron chi connectivity index (χ2n) is 21.2. The van der Waals surface area contributed by atoms with Crippen molar-refractivity contribution in [3.8, 4) is 77.9 Å². The van der Waals surface area contributed by atoms with Gasteiger partial charge >= 0.3 is 0 Å². The second-order valence-corrected chi connectivity index (χ2v) is 21.2. The summed E-state index contributed by atoms with van der Waals surface area (Å²) in [5.74, 6) is -6.87. The summed E-state index contributed by atoms with van der Waals surface area (Å²) in [4.78, 5) is 1.05. The van der Waals surface area contributed by atoms with Crippen LogP contribution in [-0.2, 0) is 0 Å². The van der Waals surface area contributed by atoms with Gasteiger partial charge in [-0.15, -0.1) is 0 Å². The number of allylic oxidation sites excluding steroid dienone is 2. The Labute approximate surface area is 592 Å². The summed E-state index contributed by atoms with van der Waals surface area (Å²) >= 11 is 0. The van der Waals surface area contributed by atoms with Crippen molar-refractivity contribution >= 4 is 49.4 Å². The summed E-state index contributed by atoms with van der Waals surface area (Å²) in [5.41, 5.74) is -11.1. The highest BCUT2D eigenvalue weighted by molar-refractivity contribution is 6.26. The van der Waals surface area contributed by atoms with Gasteiger partial charge in [-0.3, -0.25) is 0 Å². The summed E-state index contributed by atoms with van der Waals surface area (Å²) in [6.45, 7) is 0. The van der Waals surface area contributed by atoms with E-state index in [4.69, 9.17) is 30.2 Å². The third kappa shape index (κ3) is 10.5. The van der Waals surface area contributed by atoms with E-state index in [9.17, 15) is 24.7 Å². The first kappa shape index (κ1) is 27.9. The number of hydrogen-bond donors (Lipinski definition) is 0. The molecule has 0 saturated heterocycles. The molecular weight excluding hydrogens is 1120 g/mol. The fourth-order valence-corrected chi connectivity index (χ4v) is 12.1. The topological polar surface area (TPSA) is 3.24 Å². The monoisotopic (exact) mass is 1220 g/mol. The van der Waals surface area contributed by atoms with E-state index in [-0.39, 0.29) is 60.3 Å². The Morgan fingerprint density at radius 1 is 0.380 bits per heavy atom. The third-order valence-electron chi connectivity index (χ3n) is 16.0. The van der Waals surface area contributed by atoms with Crippen molar-refractivity contribution in [2.24, 2.45) is 0 Å². The number of halogens is 2. The molecule has 0 heterocycles. The molecule has 0 saturated carbocycles. The second kappa shape index (κ2) is 24.3. The lowest BCUT2D eigenvalue weighted by Crippen LogP contribution is -2.15. The van der Waals surface area contributed by atoms with Gasteiger partial charge in [0.2, 0.25) is 0 Å². The van der Waals surface area contributed by atoms with E-state index < -0.39 is 356 Å².